The minimum Gasteiger partial charge on any atom is -0.384 e. The van der Waals surface area contributed by atoms with E-state index in [9.17, 15) is 4.39 Å². The number of rotatable bonds is 2. The molecule has 2 N–H and O–H groups in total. The molecule has 0 aliphatic carbocycles. The van der Waals surface area contributed by atoms with Gasteiger partial charge < -0.3 is 5.73 Å². The SMILES string of the molecule is CCc1nc(N)cc(-c2ccc(F)cc2)n1. The van der Waals surface area contributed by atoms with Crippen LogP contribution in [-0.4, -0.2) is 9.97 Å². The molecule has 0 saturated heterocycles. The molecule has 4 heteroatoms. The summed E-state index contributed by atoms with van der Waals surface area (Å²) in [6.07, 6.45) is 0.721. The van der Waals surface area contributed by atoms with Crippen LogP contribution in [0.25, 0.3) is 11.3 Å². The number of anilines is 1. The lowest BCUT2D eigenvalue weighted by molar-refractivity contribution is 0.628. The molecular formula is C12H12FN3. The molecule has 0 spiro atoms. The summed E-state index contributed by atoms with van der Waals surface area (Å²) < 4.78 is 12.8. The van der Waals surface area contributed by atoms with Crippen molar-refractivity contribution in [3.05, 3.63) is 42.0 Å². The van der Waals surface area contributed by atoms with Crippen LogP contribution >= 0.6 is 0 Å². The molecule has 82 valence electrons. The van der Waals surface area contributed by atoms with Gasteiger partial charge in [-0.2, -0.15) is 0 Å². The van der Waals surface area contributed by atoms with Crippen LogP contribution in [0.2, 0.25) is 0 Å². The Morgan fingerprint density at radius 1 is 1.19 bits per heavy atom. The van der Waals surface area contributed by atoms with E-state index in [2.05, 4.69) is 9.97 Å². The van der Waals surface area contributed by atoms with E-state index in [1.165, 1.54) is 12.1 Å². The van der Waals surface area contributed by atoms with E-state index < -0.39 is 0 Å². The Balaban J connectivity index is 2.47. The summed E-state index contributed by atoms with van der Waals surface area (Å²) in [4.78, 5) is 8.43. The summed E-state index contributed by atoms with van der Waals surface area (Å²) in [6.45, 7) is 1.96. The van der Waals surface area contributed by atoms with Crippen molar-refractivity contribution in [1.29, 1.82) is 0 Å². The summed E-state index contributed by atoms with van der Waals surface area (Å²) >= 11 is 0. The molecule has 0 aliphatic heterocycles. The van der Waals surface area contributed by atoms with Crippen LogP contribution in [-0.2, 0) is 6.42 Å². The normalized spacial score (nSPS) is 10.4. The molecule has 3 nitrogen and oxygen atoms in total. The van der Waals surface area contributed by atoms with E-state index in [0.717, 1.165) is 17.7 Å². The van der Waals surface area contributed by atoms with E-state index in [4.69, 9.17) is 5.73 Å². The molecule has 0 radical (unpaired) electrons. The summed E-state index contributed by atoms with van der Waals surface area (Å²) in [5.74, 6) is 0.868. The highest BCUT2D eigenvalue weighted by atomic mass is 19.1. The third-order valence-electron chi connectivity index (χ3n) is 2.25. The van der Waals surface area contributed by atoms with Crippen molar-refractivity contribution in [1.82, 2.24) is 9.97 Å². The van der Waals surface area contributed by atoms with Crippen molar-refractivity contribution >= 4 is 5.82 Å². The summed E-state index contributed by atoms with van der Waals surface area (Å²) in [5.41, 5.74) is 7.24. The van der Waals surface area contributed by atoms with Gasteiger partial charge >= 0.3 is 0 Å². The number of hydrogen-bond acceptors (Lipinski definition) is 3. The maximum Gasteiger partial charge on any atom is 0.131 e. The van der Waals surface area contributed by atoms with E-state index in [0.29, 0.717) is 11.6 Å². The summed E-state index contributed by atoms with van der Waals surface area (Å²) in [7, 11) is 0. The minimum absolute atomic E-state index is 0.263. The van der Waals surface area contributed by atoms with Crippen molar-refractivity contribution in [2.75, 3.05) is 5.73 Å². The molecule has 0 bridgehead atoms. The van der Waals surface area contributed by atoms with Crippen LogP contribution in [0.5, 0.6) is 0 Å². The Hall–Kier alpha value is -1.97. The average Bonchev–Trinajstić information content (AvgIpc) is 2.29. The van der Waals surface area contributed by atoms with E-state index in [1.54, 1.807) is 18.2 Å². The number of nitrogens with two attached hydrogens (primary N) is 1. The molecule has 16 heavy (non-hydrogen) atoms. The first kappa shape index (κ1) is 10.5. The molecule has 1 aromatic heterocycles. The van der Waals surface area contributed by atoms with Gasteiger partial charge in [0.15, 0.2) is 0 Å². The van der Waals surface area contributed by atoms with Crippen LogP contribution in [0, 0.1) is 5.82 Å². The smallest absolute Gasteiger partial charge is 0.131 e. The van der Waals surface area contributed by atoms with E-state index in [-0.39, 0.29) is 5.82 Å². The van der Waals surface area contributed by atoms with Gasteiger partial charge in [0.25, 0.3) is 0 Å². The molecule has 0 fully saturated rings. The highest BCUT2D eigenvalue weighted by molar-refractivity contribution is 5.61. The van der Waals surface area contributed by atoms with E-state index >= 15 is 0 Å². The first-order valence-corrected chi connectivity index (χ1v) is 5.08. The number of benzene rings is 1. The lowest BCUT2D eigenvalue weighted by Crippen LogP contribution is -2.00. The van der Waals surface area contributed by atoms with Gasteiger partial charge in [0, 0.05) is 18.1 Å². The van der Waals surface area contributed by atoms with Gasteiger partial charge in [0.05, 0.1) is 5.69 Å². The summed E-state index contributed by atoms with van der Waals surface area (Å²) in [5, 5.41) is 0. The van der Waals surface area contributed by atoms with Crippen LogP contribution in [0.4, 0.5) is 10.2 Å². The molecule has 2 aromatic rings. The van der Waals surface area contributed by atoms with Crippen LogP contribution in [0.15, 0.2) is 30.3 Å². The third-order valence-corrected chi connectivity index (χ3v) is 2.25. The minimum atomic E-state index is -0.263. The number of nitrogens with zero attached hydrogens (tertiary/aromatic N) is 2. The zero-order valence-electron chi connectivity index (χ0n) is 8.94. The maximum atomic E-state index is 12.8. The van der Waals surface area contributed by atoms with E-state index in [1.807, 2.05) is 6.92 Å². The van der Waals surface area contributed by atoms with Crippen molar-refractivity contribution in [3.8, 4) is 11.3 Å². The zero-order chi connectivity index (χ0) is 11.5. The second-order valence-electron chi connectivity index (χ2n) is 3.45. The van der Waals surface area contributed by atoms with Gasteiger partial charge in [0.2, 0.25) is 0 Å². The molecule has 1 aromatic carbocycles. The van der Waals surface area contributed by atoms with Gasteiger partial charge in [-0.05, 0) is 24.3 Å². The predicted octanol–water partition coefficient (Wildman–Crippen LogP) is 2.43. The lowest BCUT2D eigenvalue weighted by Gasteiger charge is -2.04. The molecule has 0 aliphatic rings. The van der Waals surface area contributed by atoms with Crippen molar-refractivity contribution < 1.29 is 4.39 Å². The van der Waals surface area contributed by atoms with Gasteiger partial charge in [0.1, 0.15) is 17.5 Å². The first-order valence-electron chi connectivity index (χ1n) is 5.08. The third kappa shape index (κ3) is 2.16. The largest absolute Gasteiger partial charge is 0.384 e. The molecule has 0 unspecified atom stereocenters. The standard InChI is InChI=1S/C12H12FN3/c1-2-12-15-10(7-11(14)16-12)8-3-5-9(13)6-4-8/h3-7H,2H2,1H3,(H2,14,15,16). The Morgan fingerprint density at radius 3 is 2.50 bits per heavy atom. The Kier molecular flexibility index (Phi) is 2.81. The molecule has 0 atom stereocenters. The molecular weight excluding hydrogens is 205 g/mol. The number of halogens is 1. The first-order chi connectivity index (χ1) is 7.69. The van der Waals surface area contributed by atoms with Crippen molar-refractivity contribution in [2.24, 2.45) is 0 Å². The van der Waals surface area contributed by atoms with Crippen LogP contribution < -0.4 is 5.73 Å². The number of aryl methyl sites for hydroxylation is 1. The van der Waals surface area contributed by atoms with Crippen molar-refractivity contribution in [2.45, 2.75) is 13.3 Å². The maximum absolute atomic E-state index is 12.8. The molecule has 0 saturated carbocycles. The second kappa shape index (κ2) is 4.26. The average molecular weight is 217 g/mol. The number of nitrogen functional groups attached to an aromatic ring is 1. The second-order valence-corrected chi connectivity index (χ2v) is 3.45. The fourth-order valence-corrected chi connectivity index (χ4v) is 1.44. The molecule has 1 heterocycles. The number of aromatic nitrogens is 2. The highest BCUT2D eigenvalue weighted by Gasteiger charge is 2.03. The van der Waals surface area contributed by atoms with Crippen molar-refractivity contribution in [3.63, 3.8) is 0 Å². The lowest BCUT2D eigenvalue weighted by atomic mass is 10.1. The van der Waals surface area contributed by atoms with Gasteiger partial charge in [-0.25, -0.2) is 14.4 Å². The van der Waals surface area contributed by atoms with Crippen LogP contribution in [0.3, 0.4) is 0 Å². The fourth-order valence-electron chi connectivity index (χ4n) is 1.44. The van der Waals surface area contributed by atoms with Gasteiger partial charge in [-0.1, -0.05) is 6.92 Å². The quantitative estimate of drug-likeness (QED) is 0.840. The zero-order valence-corrected chi connectivity index (χ0v) is 8.94. The van der Waals surface area contributed by atoms with Gasteiger partial charge in [-0.3, -0.25) is 0 Å². The highest BCUT2D eigenvalue weighted by Crippen LogP contribution is 2.19. The summed E-state index contributed by atoms with van der Waals surface area (Å²) in [6, 6.07) is 7.85. The number of hydrogen-bond donors (Lipinski definition) is 1. The Morgan fingerprint density at radius 2 is 1.88 bits per heavy atom. The Labute approximate surface area is 93.2 Å². The fraction of sp³-hybridized carbons (Fsp3) is 0.167. The monoisotopic (exact) mass is 217 g/mol. The van der Waals surface area contributed by atoms with Gasteiger partial charge in [-0.15, -0.1) is 0 Å². The molecule has 2 rings (SSSR count). The topological polar surface area (TPSA) is 51.8 Å². The predicted molar refractivity (Wildman–Crippen MR) is 61.2 cm³/mol. The Bertz CT molecular complexity index is 494. The molecule has 0 amide bonds. The van der Waals surface area contributed by atoms with Crippen LogP contribution in [0.1, 0.15) is 12.7 Å².